The molecule has 0 aliphatic rings. The van der Waals surface area contributed by atoms with Crippen molar-refractivity contribution in [2.45, 2.75) is 20.8 Å². The van der Waals surface area contributed by atoms with Gasteiger partial charge in [0, 0.05) is 25.5 Å². The van der Waals surface area contributed by atoms with Gasteiger partial charge in [0.2, 0.25) is 0 Å². The van der Waals surface area contributed by atoms with Crippen molar-refractivity contribution < 1.29 is 0 Å². The molecule has 1 aromatic rings. The smallest absolute Gasteiger partial charge is 0.168 e. The number of nitrogens with zero attached hydrogens (tertiary/aromatic N) is 3. The highest BCUT2D eigenvalue weighted by molar-refractivity contribution is 5.64. The summed E-state index contributed by atoms with van der Waals surface area (Å²) in [5.74, 6) is 0.767. The Morgan fingerprint density at radius 2 is 2.23 bits per heavy atom. The first-order chi connectivity index (χ1) is 5.97. The standard InChI is InChI=1S/C9H16N4/c1-9(2,3)7-10-11-8-5-6-13(4)12-8/h5-7H,1-4H3,(H,11,12)/b10-7+. The molecule has 0 radical (unpaired) electrons. The Hall–Kier alpha value is -1.32. The van der Waals surface area contributed by atoms with E-state index in [-0.39, 0.29) is 5.41 Å². The van der Waals surface area contributed by atoms with Crippen molar-refractivity contribution >= 4 is 12.0 Å². The maximum atomic E-state index is 4.12. The molecule has 0 spiro atoms. The third-order valence-corrected chi connectivity index (χ3v) is 1.34. The van der Waals surface area contributed by atoms with Crippen LogP contribution in [-0.2, 0) is 7.05 Å². The number of aryl methyl sites for hydroxylation is 1. The van der Waals surface area contributed by atoms with Gasteiger partial charge in [0.25, 0.3) is 0 Å². The van der Waals surface area contributed by atoms with Crippen molar-refractivity contribution in [2.75, 3.05) is 5.43 Å². The van der Waals surface area contributed by atoms with Crippen molar-refractivity contribution in [1.82, 2.24) is 9.78 Å². The highest BCUT2D eigenvalue weighted by atomic mass is 15.4. The minimum absolute atomic E-state index is 0.0990. The molecule has 0 amide bonds. The lowest BCUT2D eigenvalue weighted by Crippen LogP contribution is -2.07. The molecule has 0 saturated carbocycles. The van der Waals surface area contributed by atoms with Crippen LogP contribution in [0.15, 0.2) is 17.4 Å². The van der Waals surface area contributed by atoms with Gasteiger partial charge in [-0.25, -0.2) is 0 Å². The van der Waals surface area contributed by atoms with Gasteiger partial charge < -0.3 is 0 Å². The summed E-state index contributed by atoms with van der Waals surface area (Å²) in [6, 6.07) is 1.88. The van der Waals surface area contributed by atoms with E-state index in [0.717, 1.165) is 5.82 Å². The number of hydrogen-bond acceptors (Lipinski definition) is 3. The second kappa shape index (κ2) is 3.60. The molecular weight excluding hydrogens is 164 g/mol. The quantitative estimate of drug-likeness (QED) is 0.557. The maximum absolute atomic E-state index is 4.12. The zero-order valence-electron chi connectivity index (χ0n) is 8.57. The van der Waals surface area contributed by atoms with Gasteiger partial charge in [-0.15, -0.1) is 0 Å². The van der Waals surface area contributed by atoms with E-state index < -0.39 is 0 Å². The summed E-state index contributed by atoms with van der Waals surface area (Å²) in [5, 5.41) is 8.20. The van der Waals surface area contributed by atoms with E-state index in [1.165, 1.54) is 0 Å². The zero-order chi connectivity index (χ0) is 9.90. The number of anilines is 1. The number of hydrazone groups is 1. The van der Waals surface area contributed by atoms with E-state index in [0.29, 0.717) is 0 Å². The van der Waals surface area contributed by atoms with E-state index in [4.69, 9.17) is 0 Å². The summed E-state index contributed by atoms with van der Waals surface area (Å²) in [7, 11) is 1.87. The van der Waals surface area contributed by atoms with Gasteiger partial charge >= 0.3 is 0 Å². The van der Waals surface area contributed by atoms with Crippen LogP contribution >= 0.6 is 0 Å². The first kappa shape index (κ1) is 9.77. The van der Waals surface area contributed by atoms with Gasteiger partial charge in [-0.3, -0.25) is 10.1 Å². The Balaban J connectivity index is 2.48. The molecule has 13 heavy (non-hydrogen) atoms. The predicted molar refractivity (Wildman–Crippen MR) is 54.8 cm³/mol. The normalized spacial score (nSPS) is 12.3. The van der Waals surface area contributed by atoms with Crippen molar-refractivity contribution in [1.29, 1.82) is 0 Å². The van der Waals surface area contributed by atoms with E-state index >= 15 is 0 Å². The van der Waals surface area contributed by atoms with Crippen LogP contribution in [0.5, 0.6) is 0 Å². The van der Waals surface area contributed by atoms with Crippen LogP contribution in [0, 0.1) is 5.41 Å². The second-order valence-electron chi connectivity index (χ2n) is 4.11. The van der Waals surface area contributed by atoms with Gasteiger partial charge in [-0.1, -0.05) is 20.8 Å². The lowest BCUT2D eigenvalue weighted by Gasteiger charge is -2.09. The van der Waals surface area contributed by atoms with Gasteiger partial charge in [-0.2, -0.15) is 10.2 Å². The number of hydrogen-bond donors (Lipinski definition) is 1. The van der Waals surface area contributed by atoms with Crippen LogP contribution in [0.25, 0.3) is 0 Å². The average Bonchev–Trinajstić information content (AvgIpc) is 2.33. The fourth-order valence-corrected chi connectivity index (χ4v) is 0.767. The van der Waals surface area contributed by atoms with Crippen molar-refractivity contribution in [3.63, 3.8) is 0 Å². The Bertz CT molecular complexity index is 293. The topological polar surface area (TPSA) is 42.2 Å². The predicted octanol–water partition coefficient (Wildman–Crippen LogP) is 1.86. The first-order valence-electron chi connectivity index (χ1n) is 4.27. The monoisotopic (exact) mass is 180 g/mol. The number of nitrogens with one attached hydrogen (secondary N) is 1. The molecule has 0 unspecified atom stereocenters. The summed E-state index contributed by atoms with van der Waals surface area (Å²) in [6.07, 6.45) is 3.73. The summed E-state index contributed by atoms with van der Waals surface area (Å²) in [4.78, 5) is 0. The number of rotatable bonds is 2. The third-order valence-electron chi connectivity index (χ3n) is 1.34. The Kier molecular flexibility index (Phi) is 2.70. The SMILES string of the molecule is Cn1ccc(N/N=C/C(C)(C)C)n1. The third kappa shape index (κ3) is 3.73. The summed E-state index contributed by atoms with van der Waals surface area (Å²) >= 11 is 0. The summed E-state index contributed by atoms with van der Waals surface area (Å²) in [5.41, 5.74) is 2.96. The molecule has 0 atom stereocenters. The molecule has 0 bridgehead atoms. The molecule has 1 rings (SSSR count). The van der Waals surface area contributed by atoms with Gasteiger partial charge in [0.05, 0.1) is 0 Å². The molecule has 72 valence electrons. The van der Waals surface area contributed by atoms with Crippen molar-refractivity contribution in [3.8, 4) is 0 Å². The molecule has 0 fully saturated rings. The van der Waals surface area contributed by atoms with E-state index in [9.17, 15) is 0 Å². The Morgan fingerprint density at radius 3 is 2.69 bits per heavy atom. The highest BCUT2D eigenvalue weighted by Crippen LogP contribution is 2.08. The first-order valence-corrected chi connectivity index (χ1v) is 4.27. The molecule has 1 N–H and O–H groups in total. The molecule has 0 saturated heterocycles. The number of aromatic nitrogens is 2. The van der Waals surface area contributed by atoms with Gasteiger partial charge in [0.1, 0.15) is 0 Å². The second-order valence-corrected chi connectivity index (χ2v) is 4.11. The lowest BCUT2D eigenvalue weighted by atomic mass is 9.99. The zero-order valence-corrected chi connectivity index (χ0v) is 8.57. The van der Waals surface area contributed by atoms with Gasteiger partial charge in [-0.05, 0) is 5.41 Å². The minimum Gasteiger partial charge on any atom is -0.274 e. The maximum Gasteiger partial charge on any atom is 0.168 e. The van der Waals surface area contributed by atoms with Crippen LogP contribution in [0.4, 0.5) is 5.82 Å². The molecule has 1 heterocycles. The lowest BCUT2D eigenvalue weighted by molar-refractivity contribution is 0.606. The summed E-state index contributed by atoms with van der Waals surface area (Å²) < 4.78 is 1.73. The fraction of sp³-hybridized carbons (Fsp3) is 0.556. The molecule has 0 aromatic carbocycles. The highest BCUT2D eigenvalue weighted by Gasteiger charge is 2.04. The Labute approximate surface area is 78.6 Å². The minimum atomic E-state index is 0.0990. The molecule has 0 aliphatic carbocycles. The fourth-order valence-electron chi connectivity index (χ4n) is 0.767. The van der Waals surface area contributed by atoms with Gasteiger partial charge in [0.15, 0.2) is 5.82 Å². The van der Waals surface area contributed by atoms with Crippen LogP contribution in [0.3, 0.4) is 0 Å². The van der Waals surface area contributed by atoms with Crippen LogP contribution in [-0.4, -0.2) is 16.0 Å². The van der Waals surface area contributed by atoms with E-state index in [1.807, 2.05) is 25.5 Å². The molecule has 4 nitrogen and oxygen atoms in total. The van der Waals surface area contributed by atoms with E-state index in [2.05, 4.69) is 36.4 Å². The van der Waals surface area contributed by atoms with Crippen molar-refractivity contribution in [2.24, 2.45) is 17.6 Å². The van der Waals surface area contributed by atoms with Crippen molar-refractivity contribution in [3.05, 3.63) is 12.3 Å². The molecule has 0 aliphatic heterocycles. The van der Waals surface area contributed by atoms with Crippen LogP contribution in [0.2, 0.25) is 0 Å². The summed E-state index contributed by atoms with van der Waals surface area (Å²) in [6.45, 7) is 6.28. The van der Waals surface area contributed by atoms with Crippen LogP contribution < -0.4 is 5.43 Å². The molecule has 1 aromatic heterocycles. The average molecular weight is 180 g/mol. The Morgan fingerprint density at radius 1 is 1.54 bits per heavy atom. The van der Waals surface area contributed by atoms with Crippen LogP contribution in [0.1, 0.15) is 20.8 Å². The molecular formula is C9H16N4. The molecule has 4 heteroatoms. The van der Waals surface area contributed by atoms with E-state index in [1.54, 1.807) is 4.68 Å². The largest absolute Gasteiger partial charge is 0.274 e.